The van der Waals surface area contributed by atoms with E-state index in [0.29, 0.717) is 16.4 Å². The first-order chi connectivity index (χ1) is 17.1. The second-order valence-corrected chi connectivity index (χ2v) is 9.86. The fourth-order valence-corrected chi connectivity index (χ4v) is 4.77. The summed E-state index contributed by atoms with van der Waals surface area (Å²) in [6.07, 6.45) is 1.24. The number of rotatable bonds is 5. The molecule has 12 heteroatoms. The Hall–Kier alpha value is -3.81. The molecule has 2 heterocycles. The van der Waals surface area contributed by atoms with Gasteiger partial charge in [-0.1, -0.05) is 6.07 Å². The molecule has 36 heavy (non-hydrogen) atoms. The molecule has 10 nitrogen and oxygen atoms in total. The Bertz CT molecular complexity index is 1770. The van der Waals surface area contributed by atoms with Gasteiger partial charge in [0.15, 0.2) is 0 Å². The minimum Gasteiger partial charge on any atom is -0.338 e. The van der Waals surface area contributed by atoms with Crippen LogP contribution in [0.25, 0.3) is 16.6 Å². The summed E-state index contributed by atoms with van der Waals surface area (Å²) < 4.78 is 18.9. The maximum atomic E-state index is 14.7. The Kier molecular flexibility index (Phi) is 5.77. The summed E-state index contributed by atoms with van der Waals surface area (Å²) in [6.45, 7) is 1.48. The highest BCUT2D eigenvalue weighted by molar-refractivity contribution is 14.1. The van der Waals surface area contributed by atoms with Gasteiger partial charge in [0.2, 0.25) is 0 Å². The summed E-state index contributed by atoms with van der Waals surface area (Å²) in [5.41, 5.74) is -1.79. The van der Waals surface area contributed by atoms with Crippen LogP contribution in [0.15, 0.2) is 56.8 Å². The Morgan fingerprint density at radius 3 is 2.47 bits per heavy atom. The third-order valence-corrected chi connectivity index (χ3v) is 6.91. The molecule has 4 aromatic rings. The van der Waals surface area contributed by atoms with Gasteiger partial charge in [-0.3, -0.25) is 33.4 Å². The normalized spacial score (nSPS) is 13.2. The van der Waals surface area contributed by atoms with Crippen LogP contribution in [0.4, 0.5) is 21.6 Å². The number of nitro benzene ring substituents is 1. The first-order valence-corrected chi connectivity index (χ1v) is 12.1. The number of pyridine rings is 1. The Morgan fingerprint density at radius 1 is 1.11 bits per heavy atom. The lowest BCUT2D eigenvalue weighted by Gasteiger charge is -2.20. The van der Waals surface area contributed by atoms with Crippen LogP contribution >= 0.6 is 22.6 Å². The molecule has 0 atom stereocenters. The molecular weight excluding hydrogens is 584 g/mol. The molecule has 0 unspecified atom stereocenters. The summed E-state index contributed by atoms with van der Waals surface area (Å²) in [5.74, 6) is -0.572. The highest BCUT2D eigenvalue weighted by atomic mass is 127. The SMILES string of the molecule is Cc1c(=O)n(C)c(Nc2ccc(I)cc2F)c2c(=O)n(C3CC3)c(=O)n(-c3cccc([N+](=O)[O-])c3)c12. The fourth-order valence-electron chi connectivity index (χ4n) is 4.32. The maximum absolute atomic E-state index is 14.7. The lowest BCUT2D eigenvalue weighted by atomic mass is 10.1. The summed E-state index contributed by atoms with van der Waals surface area (Å²) in [7, 11) is 1.45. The van der Waals surface area contributed by atoms with Gasteiger partial charge in [-0.15, -0.1) is 0 Å². The number of fused-ring (bicyclic) bond motifs is 1. The average molecular weight is 603 g/mol. The number of benzene rings is 2. The number of hydrogen-bond donors (Lipinski definition) is 1. The van der Waals surface area contributed by atoms with Gasteiger partial charge in [-0.2, -0.15) is 0 Å². The highest BCUT2D eigenvalue weighted by Gasteiger charge is 2.31. The molecule has 0 spiro atoms. The van der Waals surface area contributed by atoms with Gasteiger partial charge in [0.1, 0.15) is 17.0 Å². The predicted molar refractivity (Wildman–Crippen MR) is 141 cm³/mol. The van der Waals surface area contributed by atoms with Gasteiger partial charge in [-0.05, 0) is 66.6 Å². The number of aromatic nitrogens is 3. The molecule has 1 saturated carbocycles. The molecule has 0 radical (unpaired) electrons. The Balaban J connectivity index is 1.94. The number of hydrogen-bond acceptors (Lipinski definition) is 6. The van der Waals surface area contributed by atoms with E-state index >= 15 is 0 Å². The molecule has 2 aromatic heterocycles. The zero-order chi connectivity index (χ0) is 25.9. The maximum Gasteiger partial charge on any atom is 0.336 e. The lowest BCUT2D eigenvalue weighted by Crippen LogP contribution is -2.41. The van der Waals surface area contributed by atoms with Crippen LogP contribution in [0, 0.1) is 26.4 Å². The predicted octanol–water partition coefficient (Wildman–Crippen LogP) is 3.89. The van der Waals surface area contributed by atoms with Crippen LogP contribution < -0.4 is 22.1 Å². The average Bonchev–Trinajstić information content (AvgIpc) is 3.67. The van der Waals surface area contributed by atoms with Gasteiger partial charge in [-0.25, -0.2) is 9.18 Å². The quantitative estimate of drug-likeness (QED) is 0.210. The van der Waals surface area contributed by atoms with Crippen molar-refractivity contribution >= 4 is 50.7 Å². The topological polar surface area (TPSA) is 121 Å². The standard InChI is InChI=1S/C24H19FIN5O5/c1-12-20-19(21(28(2)22(12)32)27-18-9-6-13(26)10-17(18)25)23(33)30(14-7-8-14)24(34)29(20)15-4-3-5-16(11-15)31(35)36/h3-6,9-11,14,27H,7-8H2,1-2H3. The number of aryl methyl sites for hydroxylation is 1. The largest absolute Gasteiger partial charge is 0.338 e. The number of non-ortho nitro benzene ring substituents is 1. The number of nitro groups is 1. The van der Waals surface area contributed by atoms with E-state index in [1.54, 1.807) is 6.07 Å². The van der Waals surface area contributed by atoms with E-state index in [2.05, 4.69) is 5.32 Å². The van der Waals surface area contributed by atoms with Crippen molar-refractivity contribution in [3.63, 3.8) is 0 Å². The molecular formula is C24H19FIN5O5. The van der Waals surface area contributed by atoms with E-state index in [-0.39, 0.29) is 45.4 Å². The molecule has 1 aliphatic carbocycles. The molecule has 1 fully saturated rings. The van der Waals surface area contributed by atoms with Crippen LogP contribution in [0.3, 0.4) is 0 Å². The third-order valence-electron chi connectivity index (χ3n) is 6.24. The van der Waals surface area contributed by atoms with E-state index < -0.39 is 27.5 Å². The molecule has 1 N–H and O–H groups in total. The fraction of sp³-hybridized carbons (Fsp3) is 0.208. The summed E-state index contributed by atoms with van der Waals surface area (Å²) in [6, 6.07) is 9.55. The zero-order valence-electron chi connectivity index (χ0n) is 19.1. The van der Waals surface area contributed by atoms with Crippen molar-refractivity contribution in [3.05, 3.63) is 98.7 Å². The van der Waals surface area contributed by atoms with Gasteiger partial charge in [0.25, 0.3) is 16.8 Å². The number of anilines is 2. The van der Waals surface area contributed by atoms with Gasteiger partial charge < -0.3 is 5.32 Å². The number of halogens is 2. The molecule has 0 saturated heterocycles. The molecule has 184 valence electrons. The van der Waals surface area contributed by atoms with E-state index in [1.165, 1.54) is 54.9 Å². The van der Waals surface area contributed by atoms with Gasteiger partial charge in [0, 0.05) is 34.4 Å². The van der Waals surface area contributed by atoms with Crippen molar-refractivity contribution in [2.45, 2.75) is 25.8 Å². The second kappa shape index (κ2) is 8.69. The van der Waals surface area contributed by atoms with E-state index in [1.807, 2.05) is 22.6 Å². The molecule has 5 rings (SSSR count). The molecule has 0 amide bonds. The number of nitrogens with zero attached hydrogens (tertiary/aromatic N) is 4. The van der Waals surface area contributed by atoms with Crippen molar-refractivity contribution in [2.24, 2.45) is 7.05 Å². The summed E-state index contributed by atoms with van der Waals surface area (Å²) >= 11 is 1.97. The van der Waals surface area contributed by atoms with Crippen molar-refractivity contribution in [1.82, 2.24) is 13.7 Å². The Labute approximate surface area is 215 Å². The zero-order valence-corrected chi connectivity index (χ0v) is 21.3. The molecule has 0 bridgehead atoms. The smallest absolute Gasteiger partial charge is 0.336 e. The minimum absolute atomic E-state index is 0.00514. The second-order valence-electron chi connectivity index (χ2n) is 8.61. The first-order valence-electron chi connectivity index (χ1n) is 11.0. The van der Waals surface area contributed by atoms with Gasteiger partial charge >= 0.3 is 5.69 Å². The lowest BCUT2D eigenvalue weighted by molar-refractivity contribution is -0.384. The van der Waals surface area contributed by atoms with E-state index in [0.717, 1.165) is 9.13 Å². The summed E-state index contributed by atoms with van der Waals surface area (Å²) in [5, 5.41) is 14.3. The minimum atomic E-state index is -0.696. The Morgan fingerprint density at radius 2 is 1.83 bits per heavy atom. The van der Waals surface area contributed by atoms with Crippen molar-refractivity contribution < 1.29 is 9.31 Å². The number of nitrogens with one attached hydrogen (secondary N) is 1. The van der Waals surface area contributed by atoms with Crippen LogP contribution in [0.5, 0.6) is 0 Å². The van der Waals surface area contributed by atoms with Crippen molar-refractivity contribution in [1.29, 1.82) is 0 Å². The van der Waals surface area contributed by atoms with Gasteiger partial charge in [0.05, 0.1) is 21.8 Å². The highest BCUT2D eigenvalue weighted by Crippen LogP contribution is 2.34. The van der Waals surface area contributed by atoms with E-state index in [9.17, 15) is 28.9 Å². The van der Waals surface area contributed by atoms with Crippen LogP contribution in [0.1, 0.15) is 24.4 Å². The molecule has 0 aliphatic heterocycles. The first kappa shape index (κ1) is 23.9. The van der Waals surface area contributed by atoms with Crippen molar-refractivity contribution in [2.75, 3.05) is 5.32 Å². The van der Waals surface area contributed by atoms with Crippen LogP contribution in [0.2, 0.25) is 0 Å². The monoisotopic (exact) mass is 603 g/mol. The van der Waals surface area contributed by atoms with Crippen LogP contribution in [-0.2, 0) is 7.05 Å². The van der Waals surface area contributed by atoms with Crippen molar-refractivity contribution in [3.8, 4) is 5.69 Å². The third kappa shape index (κ3) is 3.81. The summed E-state index contributed by atoms with van der Waals surface area (Å²) in [4.78, 5) is 51.5. The van der Waals surface area contributed by atoms with Crippen LogP contribution in [-0.4, -0.2) is 18.6 Å². The molecule has 1 aliphatic rings. The van der Waals surface area contributed by atoms with E-state index in [4.69, 9.17) is 0 Å². The molecule has 2 aromatic carbocycles.